The lowest BCUT2D eigenvalue weighted by atomic mass is 10.1. The van der Waals surface area contributed by atoms with Gasteiger partial charge in [0.2, 0.25) is 5.88 Å². The predicted octanol–water partition coefficient (Wildman–Crippen LogP) is 5.36. The number of benzene rings is 2. The minimum Gasteiger partial charge on any atom is -0.494 e. The molecule has 0 aliphatic heterocycles. The highest BCUT2D eigenvalue weighted by Gasteiger charge is 2.31. The second-order valence-electron chi connectivity index (χ2n) is 7.21. The quantitative estimate of drug-likeness (QED) is 0.327. The number of aromatic nitrogens is 1. The van der Waals surface area contributed by atoms with Crippen LogP contribution in [-0.4, -0.2) is 29.9 Å². The van der Waals surface area contributed by atoms with Crippen LogP contribution in [0.2, 0.25) is 0 Å². The number of aromatic hydroxyl groups is 1. The summed E-state index contributed by atoms with van der Waals surface area (Å²) < 4.78 is 35.3. The van der Waals surface area contributed by atoms with E-state index in [1.165, 1.54) is 0 Å². The summed E-state index contributed by atoms with van der Waals surface area (Å²) in [6.07, 6.45) is -0.250. The van der Waals surface area contributed by atoms with Gasteiger partial charge in [0.25, 0.3) is 0 Å². The van der Waals surface area contributed by atoms with Crippen LogP contribution in [0.3, 0.4) is 0 Å². The minimum absolute atomic E-state index is 0.0900. The second-order valence-corrected chi connectivity index (χ2v) is 9.89. The third-order valence-electron chi connectivity index (χ3n) is 4.67. The number of hydrogen-bond donors (Lipinski definition) is 2. The number of aromatic amines is 1. The number of H-pyrrole nitrogens is 1. The Morgan fingerprint density at radius 1 is 1.03 bits per heavy atom. The van der Waals surface area contributed by atoms with Gasteiger partial charge < -0.3 is 9.84 Å². The Hall–Kier alpha value is -2.42. The molecule has 2 aromatic carbocycles. The lowest BCUT2D eigenvalue weighted by Gasteiger charge is -2.24. The number of thiazole rings is 1. The fourth-order valence-corrected chi connectivity index (χ4v) is 5.15. The van der Waals surface area contributed by atoms with Gasteiger partial charge >= 0.3 is 12.7 Å². The zero-order valence-corrected chi connectivity index (χ0v) is 20.5. The van der Waals surface area contributed by atoms with Crippen molar-refractivity contribution in [3.8, 4) is 11.6 Å². The van der Waals surface area contributed by atoms with E-state index in [0.717, 1.165) is 28.0 Å². The van der Waals surface area contributed by atoms with E-state index < -0.39 is 13.9 Å². The number of nitrogens with one attached hydrogen (secondary N) is 1. The summed E-state index contributed by atoms with van der Waals surface area (Å²) in [7, 11) is -3.75. The Labute approximate surface area is 196 Å². The van der Waals surface area contributed by atoms with Gasteiger partial charge in [-0.15, -0.1) is 0 Å². The van der Waals surface area contributed by atoms with Gasteiger partial charge in [0.05, 0.1) is 18.1 Å². The molecule has 0 fully saturated rings. The van der Waals surface area contributed by atoms with Crippen molar-refractivity contribution in [3.05, 3.63) is 79.8 Å². The van der Waals surface area contributed by atoms with Crippen molar-refractivity contribution in [1.29, 1.82) is 0 Å². The first-order chi connectivity index (χ1) is 15.8. The predicted molar refractivity (Wildman–Crippen MR) is 127 cm³/mol. The van der Waals surface area contributed by atoms with E-state index in [0.29, 0.717) is 17.0 Å². The Bertz CT molecular complexity index is 1110. The molecule has 0 bridgehead atoms. The molecule has 0 amide bonds. The lowest BCUT2D eigenvalue weighted by molar-refractivity contribution is 0.0577. The molecule has 1 aromatic heterocycles. The highest BCUT2D eigenvalue weighted by molar-refractivity contribution is 7.48. The fourth-order valence-electron chi connectivity index (χ4n) is 3.07. The summed E-state index contributed by atoms with van der Waals surface area (Å²) in [5, 5.41) is 9.76. The first-order valence-electron chi connectivity index (χ1n) is 10.6. The maximum Gasteiger partial charge on any atom is 0.475 e. The van der Waals surface area contributed by atoms with E-state index in [9.17, 15) is 14.5 Å². The molecule has 0 saturated carbocycles. The van der Waals surface area contributed by atoms with Gasteiger partial charge in [-0.1, -0.05) is 53.3 Å². The van der Waals surface area contributed by atoms with Crippen molar-refractivity contribution >= 4 is 19.2 Å². The summed E-state index contributed by atoms with van der Waals surface area (Å²) in [4.78, 5) is 14.0. The van der Waals surface area contributed by atoms with E-state index >= 15 is 0 Å². The molecule has 33 heavy (non-hydrogen) atoms. The lowest BCUT2D eigenvalue weighted by Crippen LogP contribution is -2.15. The highest BCUT2D eigenvalue weighted by Crippen LogP contribution is 2.53. The molecule has 8 nitrogen and oxygen atoms in total. The maximum absolute atomic E-state index is 13.0. The average Bonchev–Trinajstić information content (AvgIpc) is 3.09. The Balaban J connectivity index is 1.71. The molecular weight excluding hydrogens is 465 g/mol. The van der Waals surface area contributed by atoms with Crippen molar-refractivity contribution in [1.82, 2.24) is 4.98 Å². The van der Waals surface area contributed by atoms with E-state index in [1.54, 1.807) is 26.0 Å². The smallest absolute Gasteiger partial charge is 0.475 e. The number of aryl methyl sites for hydroxylation is 1. The molecule has 3 rings (SSSR count). The van der Waals surface area contributed by atoms with E-state index in [1.807, 2.05) is 43.3 Å². The van der Waals surface area contributed by atoms with Crippen molar-refractivity contribution in [3.63, 3.8) is 0 Å². The molecule has 10 heteroatoms. The molecule has 0 aliphatic carbocycles. The number of hydrogen-bond acceptors (Lipinski definition) is 8. The minimum atomic E-state index is -3.75. The number of rotatable bonds is 12. The maximum atomic E-state index is 13.0. The summed E-state index contributed by atoms with van der Waals surface area (Å²) in [5.41, 5.74) is 2.79. The van der Waals surface area contributed by atoms with Crippen LogP contribution in [0.25, 0.3) is 0 Å². The zero-order chi connectivity index (χ0) is 23.8. The van der Waals surface area contributed by atoms with Crippen molar-refractivity contribution < 1.29 is 28.0 Å². The summed E-state index contributed by atoms with van der Waals surface area (Å²) in [6.45, 7) is 5.89. The van der Waals surface area contributed by atoms with E-state index in [4.69, 9.17) is 18.3 Å². The van der Waals surface area contributed by atoms with Gasteiger partial charge in [0, 0.05) is 6.42 Å². The van der Waals surface area contributed by atoms with Crippen LogP contribution in [0.4, 0.5) is 0 Å². The van der Waals surface area contributed by atoms with Crippen LogP contribution in [0, 0.1) is 6.92 Å². The van der Waals surface area contributed by atoms with Gasteiger partial charge in [0.15, 0.2) is 0 Å². The SMILES string of the molecule is CCOP(=O)(OCC)OC(COc1ccc(Cc2sc(=O)[nH]c2O)cc1)c1ccc(C)cc1. The summed E-state index contributed by atoms with van der Waals surface area (Å²) in [5.74, 6) is 0.491. The van der Waals surface area contributed by atoms with E-state index in [2.05, 4.69) is 4.98 Å². The van der Waals surface area contributed by atoms with Crippen LogP contribution >= 0.6 is 19.2 Å². The van der Waals surface area contributed by atoms with Gasteiger partial charge in [0.1, 0.15) is 18.5 Å². The van der Waals surface area contributed by atoms with Gasteiger partial charge in [-0.2, -0.15) is 0 Å². The first-order valence-corrected chi connectivity index (χ1v) is 12.9. The molecule has 178 valence electrons. The van der Waals surface area contributed by atoms with E-state index in [-0.39, 0.29) is 30.6 Å². The van der Waals surface area contributed by atoms with Crippen molar-refractivity contribution in [2.75, 3.05) is 19.8 Å². The molecule has 1 unspecified atom stereocenters. The molecule has 0 radical (unpaired) electrons. The van der Waals surface area contributed by atoms with Gasteiger partial charge in [-0.25, -0.2) is 4.57 Å². The summed E-state index contributed by atoms with van der Waals surface area (Å²) >= 11 is 0.980. The fraction of sp³-hybridized carbons (Fsp3) is 0.348. The molecule has 1 heterocycles. The number of phosphoric acid groups is 1. The number of ether oxygens (including phenoxy) is 1. The Kier molecular flexibility index (Phi) is 8.88. The largest absolute Gasteiger partial charge is 0.494 e. The molecule has 1 atom stereocenters. The Morgan fingerprint density at radius 3 is 2.21 bits per heavy atom. The van der Waals surface area contributed by atoms with Crippen LogP contribution < -0.4 is 9.61 Å². The molecule has 0 spiro atoms. The third-order valence-corrected chi connectivity index (χ3v) is 7.20. The van der Waals surface area contributed by atoms with Crippen LogP contribution in [0.15, 0.2) is 53.3 Å². The standard InChI is InChI=1S/C23H28NO7PS/c1-4-29-32(27,30-5-2)31-20(18-10-6-16(3)7-11-18)15-28-19-12-8-17(9-13-19)14-21-22(25)24-23(26)33-21/h6-13,20,25H,4-5,14-15H2,1-3H3,(H,24,26). The zero-order valence-electron chi connectivity index (χ0n) is 18.8. The highest BCUT2D eigenvalue weighted by atomic mass is 32.1. The Morgan fingerprint density at radius 2 is 1.67 bits per heavy atom. The average molecular weight is 494 g/mol. The second kappa shape index (κ2) is 11.6. The first kappa shape index (κ1) is 25.2. The third kappa shape index (κ3) is 7.28. The van der Waals surface area contributed by atoms with Gasteiger partial charge in [-0.3, -0.25) is 23.3 Å². The summed E-state index contributed by atoms with van der Waals surface area (Å²) in [6, 6.07) is 15.0. The molecule has 2 N–H and O–H groups in total. The monoisotopic (exact) mass is 493 g/mol. The topological polar surface area (TPSA) is 107 Å². The van der Waals surface area contributed by atoms with Crippen LogP contribution in [-0.2, 0) is 24.6 Å². The number of phosphoric ester groups is 1. The van der Waals surface area contributed by atoms with Crippen LogP contribution in [0.1, 0.15) is 41.5 Å². The van der Waals surface area contributed by atoms with Crippen LogP contribution in [0.5, 0.6) is 11.6 Å². The van der Waals surface area contributed by atoms with Gasteiger partial charge in [-0.05, 0) is 44.0 Å². The molecule has 3 aromatic rings. The molecular formula is C23H28NO7PS. The molecule has 0 saturated heterocycles. The van der Waals surface area contributed by atoms with Crippen molar-refractivity contribution in [2.24, 2.45) is 0 Å². The normalized spacial score (nSPS) is 12.6. The molecule has 0 aliphatic rings. The van der Waals surface area contributed by atoms with Crippen molar-refractivity contribution in [2.45, 2.75) is 33.3 Å².